The molecule has 4 N–H and O–H groups in total. The molecule has 4 aromatic carbocycles. The molecule has 4 aromatic rings. The highest BCUT2D eigenvalue weighted by molar-refractivity contribution is 6.42. The van der Waals surface area contributed by atoms with E-state index in [1.165, 1.54) is 7.11 Å². The first-order chi connectivity index (χ1) is 28.5. The fourth-order valence-corrected chi connectivity index (χ4v) is 7.50. The third kappa shape index (κ3) is 12.1. The molecular weight excluding hydrogens is 819 g/mol. The molecule has 316 valence electrons. The summed E-state index contributed by atoms with van der Waals surface area (Å²) in [6.45, 7) is 2.96. The zero-order chi connectivity index (χ0) is 44.1. The molecule has 0 radical (unpaired) electrons. The molecule has 60 heavy (non-hydrogen) atoms. The van der Waals surface area contributed by atoms with Gasteiger partial charge < -0.3 is 30.2 Å². The molecular formula is C43H44Cl2N4O11. The summed E-state index contributed by atoms with van der Waals surface area (Å²) in [7, 11) is 3.17. The number of nitrogens with zero attached hydrogens (tertiary/aromatic N) is 4. The summed E-state index contributed by atoms with van der Waals surface area (Å²) in [5.41, 5.74) is 0.768. The van der Waals surface area contributed by atoms with Crippen LogP contribution in [0.25, 0.3) is 10.8 Å². The van der Waals surface area contributed by atoms with Crippen molar-refractivity contribution in [3.05, 3.63) is 111 Å². The van der Waals surface area contributed by atoms with Gasteiger partial charge in [0, 0.05) is 25.1 Å². The number of benzene rings is 4. The van der Waals surface area contributed by atoms with Crippen molar-refractivity contribution in [2.45, 2.75) is 49.5 Å². The van der Waals surface area contributed by atoms with Gasteiger partial charge in [-0.25, -0.2) is 4.79 Å². The lowest BCUT2D eigenvalue weighted by Crippen LogP contribution is -2.42. The number of aliphatic carboxylic acids is 3. The number of aliphatic hydroxyl groups is 1. The van der Waals surface area contributed by atoms with Crippen molar-refractivity contribution in [1.29, 1.82) is 5.26 Å². The smallest absolute Gasteiger partial charge is 0.336 e. The van der Waals surface area contributed by atoms with Crippen molar-refractivity contribution in [2.24, 2.45) is 0 Å². The van der Waals surface area contributed by atoms with Gasteiger partial charge in [0.05, 0.1) is 47.3 Å². The number of carbonyl (C=O) groups excluding carboxylic acids is 3. The Balaban J connectivity index is 0.000000526. The third-order valence-electron chi connectivity index (χ3n) is 10.2. The van der Waals surface area contributed by atoms with Crippen molar-refractivity contribution >= 4 is 75.7 Å². The van der Waals surface area contributed by atoms with E-state index in [9.17, 15) is 34.0 Å². The van der Waals surface area contributed by atoms with Crippen molar-refractivity contribution in [1.82, 2.24) is 9.80 Å². The maximum absolute atomic E-state index is 13.9. The quantitative estimate of drug-likeness (QED) is 0.0578. The van der Waals surface area contributed by atoms with Crippen LogP contribution in [0.5, 0.6) is 0 Å². The molecule has 2 amide bonds. The Bertz CT molecular complexity index is 2260. The van der Waals surface area contributed by atoms with E-state index in [1.54, 1.807) is 36.2 Å². The van der Waals surface area contributed by atoms with E-state index in [4.69, 9.17) is 48.5 Å². The number of piperidine rings is 1. The predicted octanol–water partition coefficient (Wildman–Crippen LogP) is 5.99. The first-order valence-corrected chi connectivity index (χ1v) is 19.4. The number of likely N-dealkylation sites (tertiary alicyclic amines) is 1. The molecule has 1 aliphatic heterocycles. The van der Waals surface area contributed by atoms with Gasteiger partial charge >= 0.3 is 23.8 Å². The van der Waals surface area contributed by atoms with E-state index < -0.39 is 42.3 Å². The summed E-state index contributed by atoms with van der Waals surface area (Å²) in [6, 6.07) is 26.4. The van der Waals surface area contributed by atoms with Gasteiger partial charge in [0.25, 0.3) is 5.91 Å². The SMILES string of the molecule is CON(C(=O)C=O)c1ccccc1C1CCN(CC[C@H](CN(C)C(=O)c2cc(C#N)cc3ccccc23)c2ccc(Cl)c(Cl)c2)CC1.O=C(O)CC(O)(CC(=O)O)C(=O)O. The molecule has 1 fully saturated rings. The van der Waals surface area contributed by atoms with Gasteiger partial charge in [-0.3, -0.25) is 28.8 Å². The summed E-state index contributed by atoms with van der Waals surface area (Å²) in [5.74, 6) is -5.74. The molecule has 0 bridgehead atoms. The van der Waals surface area contributed by atoms with Gasteiger partial charge in [-0.05, 0) is 97.0 Å². The first-order valence-electron chi connectivity index (χ1n) is 18.7. The second-order valence-electron chi connectivity index (χ2n) is 14.3. The number of fused-ring (bicyclic) bond motifs is 1. The highest BCUT2D eigenvalue weighted by atomic mass is 35.5. The summed E-state index contributed by atoms with van der Waals surface area (Å²) in [6.07, 6.45) is 0.498. The molecule has 1 atom stereocenters. The Morgan fingerprint density at radius 3 is 2.15 bits per heavy atom. The molecule has 1 heterocycles. The number of halogens is 2. The van der Waals surface area contributed by atoms with Crippen LogP contribution in [0.3, 0.4) is 0 Å². The van der Waals surface area contributed by atoms with Crippen molar-refractivity contribution in [3.8, 4) is 6.07 Å². The van der Waals surface area contributed by atoms with Crippen LogP contribution in [0.1, 0.15) is 71.0 Å². The number of carbonyl (C=O) groups is 6. The van der Waals surface area contributed by atoms with E-state index in [1.807, 2.05) is 54.6 Å². The second-order valence-corrected chi connectivity index (χ2v) is 15.1. The van der Waals surface area contributed by atoms with Crippen LogP contribution in [0.4, 0.5) is 5.69 Å². The molecule has 0 saturated carbocycles. The van der Waals surface area contributed by atoms with Crippen LogP contribution in [0, 0.1) is 11.3 Å². The third-order valence-corrected chi connectivity index (χ3v) is 11.0. The lowest BCUT2D eigenvalue weighted by atomic mass is 9.87. The molecule has 0 unspecified atom stereocenters. The van der Waals surface area contributed by atoms with E-state index in [0.29, 0.717) is 33.4 Å². The van der Waals surface area contributed by atoms with E-state index in [-0.39, 0.29) is 24.0 Å². The number of hydrogen-bond donors (Lipinski definition) is 4. The van der Waals surface area contributed by atoms with Crippen LogP contribution in [0.15, 0.2) is 78.9 Å². The Kier molecular flexibility index (Phi) is 16.7. The number of rotatable bonds is 16. The highest BCUT2D eigenvalue weighted by Crippen LogP contribution is 2.36. The number of amides is 2. The fraction of sp³-hybridized carbons (Fsp3) is 0.326. The number of aldehydes is 1. The Morgan fingerprint density at radius 1 is 0.933 bits per heavy atom. The summed E-state index contributed by atoms with van der Waals surface area (Å²) >= 11 is 12.7. The number of hydroxylamine groups is 1. The number of anilines is 1. The molecule has 15 nitrogen and oxygen atoms in total. The van der Waals surface area contributed by atoms with E-state index in [2.05, 4.69) is 11.0 Å². The number of likely N-dealkylation sites (N-methyl/N-ethyl adjacent to an activating group) is 1. The van der Waals surface area contributed by atoms with Crippen LogP contribution >= 0.6 is 23.2 Å². The minimum Gasteiger partial charge on any atom is -0.481 e. The molecule has 0 aliphatic carbocycles. The molecule has 0 spiro atoms. The van der Waals surface area contributed by atoms with Gasteiger partial charge in [-0.2, -0.15) is 10.3 Å². The van der Waals surface area contributed by atoms with E-state index >= 15 is 0 Å². The molecule has 5 rings (SSSR count). The summed E-state index contributed by atoms with van der Waals surface area (Å²) < 4.78 is 0. The van der Waals surface area contributed by atoms with Crippen molar-refractivity contribution < 1.29 is 54.0 Å². The maximum Gasteiger partial charge on any atom is 0.336 e. The second kappa shape index (κ2) is 21.4. The van der Waals surface area contributed by atoms with Gasteiger partial charge in [0.2, 0.25) is 6.29 Å². The minimum atomic E-state index is -2.74. The van der Waals surface area contributed by atoms with Crippen LogP contribution in [0.2, 0.25) is 10.0 Å². The molecule has 0 aromatic heterocycles. The lowest BCUT2D eigenvalue weighted by Gasteiger charge is -2.35. The zero-order valence-corrected chi connectivity index (χ0v) is 34.3. The minimum absolute atomic E-state index is 0.0211. The highest BCUT2D eigenvalue weighted by Gasteiger charge is 2.41. The van der Waals surface area contributed by atoms with Crippen LogP contribution < -0.4 is 5.06 Å². The number of hydrogen-bond acceptors (Lipinski definition) is 10. The first kappa shape index (κ1) is 46.8. The fourth-order valence-electron chi connectivity index (χ4n) is 7.19. The van der Waals surface area contributed by atoms with Gasteiger partial charge in [-0.1, -0.05) is 71.7 Å². The van der Waals surface area contributed by atoms with Crippen molar-refractivity contribution in [3.63, 3.8) is 0 Å². The van der Waals surface area contributed by atoms with Gasteiger partial charge in [0.1, 0.15) is 0 Å². The Morgan fingerprint density at radius 2 is 1.57 bits per heavy atom. The number of carboxylic acids is 3. The lowest BCUT2D eigenvalue weighted by molar-refractivity contribution is -0.170. The standard InChI is InChI=1S/C37H36Cl2N4O4.C6H8O7/c1-41(37(46)32-20-25(22-40)19-28-7-3-4-8-30(28)32)23-29(27-11-12-33(38)34(39)21-27)15-18-42-16-13-26(14-17-42)31-9-5-6-10-35(31)43(47-2)36(45)24-44;7-3(8)1-6(13,5(11)12)2-4(9)10/h3-12,19-21,24,26,29H,13-18,23H2,1-2H3;13H,1-2H2,(H,7,8)(H,9,10)(H,11,12)/t29-;/m1./s1. The normalized spacial score (nSPS) is 13.6. The average Bonchev–Trinajstić information content (AvgIpc) is 3.22. The summed E-state index contributed by atoms with van der Waals surface area (Å²) in [4.78, 5) is 77.1. The zero-order valence-electron chi connectivity index (χ0n) is 32.8. The number of para-hydroxylation sites is 1. The molecule has 17 heteroatoms. The number of nitriles is 1. The predicted molar refractivity (Wildman–Crippen MR) is 222 cm³/mol. The molecule has 1 saturated heterocycles. The Hall–Kier alpha value is -5.89. The van der Waals surface area contributed by atoms with Crippen molar-refractivity contribution in [2.75, 3.05) is 45.4 Å². The average molecular weight is 864 g/mol. The van der Waals surface area contributed by atoms with Gasteiger partial charge in [-0.15, -0.1) is 0 Å². The van der Waals surface area contributed by atoms with Crippen LogP contribution in [-0.2, 0) is 28.8 Å². The Labute approximate surface area is 355 Å². The van der Waals surface area contributed by atoms with Crippen LogP contribution in [-0.4, -0.2) is 112 Å². The molecule has 1 aliphatic rings. The summed E-state index contributed by atoms with van der Waals surface area (Å²) in [5, 5.41) is 47.1. The number of carboxylic acid groups (broad SMARTS) is 3. The van der Waals surface area contributed by atoms with Gasteiger partial charge in [0.15, 0.2) is 5.60 Å². The maximum atomic E-state index is 13.9. The topological polar surface area (TPSA) is 226 Å². The monoisotopic (exact) mass is 862 g/mol. The largest absolute Gasteiger partial charge is 0.481 e. The van der Waals surface area contributed by atoms with E-state index in [0.717, 1.165) is 65.9 Å².